The molecular formula is C17H24N2O. The van der Waals surface area contributed by atoms with Gasteiger partial charge in [-0.15, -0.1) is 0 Å². The van der Waals surface area contributed by atoms with Gasteiger partial charge in [-0.2, -0.15) is 0 Å². The third kappa shape index (κ3) is 3.03. The van der Waals surface area contributed by atoms with Gasteiger partial charge in [-0.25, -0.2) is 0 Å². The minimum absolute atomic E-state index is 0.150. The van der Waals surface area contributed by atoms with Crippen molar-refractivity contribution in [1.82, 2.24) is 9.78 Å². The number of nitrogens with zero attached hydrogens (tertiary/aromatic N) is 1. The zero-order chi connectivity index (χ0) is 14.5. The summed E-state index contributed by atoms with van der Waals surface area (Å²) < 4.78 is 1.75. The molecule has 1 aromatic heterocycles. The SMILES string of the molecule is CCCCc1c(-c2cccc(C)c2)[nH]n(CCC)c1=O. The number of nitrogens with one attached hydrogen (secondary N) is 1. The smallest absolute Gasteiger partial charge is 0.270 e. The predicted molar refractivity (Wildman–Crippen MR) is 84.1 cm³/mol. The van der Waals surface area contributed by atoms with Crippen molar-refractivity contribution in [3.63, 3.8) is 0 Å². The number of hydrogen-bond donors (Lipinski definition) is 1. The van der Waals surface area contributed by atoms with Crippen molar-refractivity contribution < 1.29 is 0 Å². The molecule has 2 aromatic rings. The second-order valence-corrected chi connectivity index (χ2v) is 5.40. The molecule has 0 saturated heterocycles. The third-order valence-corrected chi connectivity index (χ3v) is 3.59. The van der Waals surface area contributed by atoms with E-state index in [1.807, 2.05) is 6.07 Å². The molecule has 0 spiro atoms. The van der Waals surface area contributed by atoms with Gasteiger partial charge >= 0.3 is 0 Å². The van der Waals surface area contributed by atoms with E-state index in [-0.39, 0.29) is 5.56 Å². The number of aromatic nitrogens is 2. The van der Waals surface area contributed by atoms with Crippen LogP contribution >= 0.6 is 0 Å². The molecule has 0 fully saturated rings. The number of rotatable bonds is 6. The third-order valence-electron chi connectivity index (χ3n) is 3.59. The van der Waals surface area contributed by atoms with E-state index in [0.29, 0.717) is 0 Å². The van der Waals surface area contributed by atoms with Crippen LogP contribution in [0.25, 0.3) is 11.3 Å². The Morgan fingerprint density at radius 3 is 2.65 bits per heavy atom. The van der Waals surface area contributed by atoms with Crippen LogP contribution in [0.3, 0.4) is 0 Å². The van der Waals surface area contributed by atoms with E-state index in [9.17, 15) is 4.79 Å². The second kappa shape index (κ2) is 6.60. The van der Waals surface area contributed by atoms with Crippen LogP contribution in [0.1, 0.15) is 44.2 Å². The number of aromatic amines is 1. The summed E-state index contributed by atoms with van der Waals surface area (Å²) in [7, 11) is 0. The van der Waals surface area contributed by atoms with E-state index in [0.717, 1.165) is 49.0 Å². The van der Waals surface area contributed by atoms with Gasteiger partial charge in [-0.3, -0.25) is 14.6 Å². The lowest BCUT2D eigenvalue weighted by Gasteiger charge is -2.03. The van der Waals surface area contributed by atoms with E-state index in [2.05, 4.69) is 44.1 Å². The van der Waals surface area contributed by atoms with Crippen LogP contribution in [0.4, 0.5) is 0 Å². The van der Waals surface area contributed by atoms with Gasteiger partial charge in [0.15, 0.2) is 0 Å². The quantitative estimate of drug-likeness (QED) is 0.850. The topological polar surface area (TPSA) is 37.8 Å². The van der Waals surface area contributed by atoms with Gasteiger partial charge in [0, 0.05) is 17.7 Å². The van der Waals surface area contributed by atoms with Crippen LogP contribution < -0.4 is 5.56 Å². The maximum absolute atomic E-state index is 12.5. The molecule has 3 heteroatoms. The highest BCUT2D eigenvalue weighted by Gasteiger charge is 2.14. The molecule has 0 bridgehead atoms. The predicted octanol–water partition coefficient (Wildman–Crippen LogP) is 3.90. The van der Waals surface area contributed by atoms with Gasteiger partial charge in [-0.1, -0.05) is 44.0 Å². The monoisotopic (exact) mass is 272 g/mol. The largest absolute Gasteiger partial charge is 0.295 e. The molecule has 0 unspecified atom stereocenters. The molecule has 0 aliphatic heterocycles. The average Bonchev–Trinajstić information content (AvgIpc) is 2.74. The summed E-state index contributed by atoms with van der Waals surface area (Å²) in [5, 5.41) is 3.31. The molecule has 1 N–H and O–H groups in total. The van der Waals surface area contributed by atoms with Gasteiger partial charge in [-0.05, 0) is 32.3 Å². The molecule has 0 amide bonds. The number of unbranched alkanes of at least 4 members (excludes halogenated alkanes) is 1. The Hall–Kier alpha value is -1.77. The lowest BCUT2D eigenvalue weighted by atomic mass is 10.0. The van der Waals surface area contributed by atoms with E-state index in [4.69, 9.17) is 0 Å². The molecule has 0 atom stereocenters. The van der Waals surface area contributed by atoms with Crippen molar-refractivity contribution in [3.05, 3.63) is 45.7 Å². The fraction of sp³-hybridized carbons (Fsp3) is 0.471. The summed E-state index contributed by atoms with van der Waals surface area (Å²) in [5.74, 6) is 0. The maximum Gasteiger partial charge on any atom is 0.270 e. The summed E-state index contributed by atoms with van der Waals surface area (Å²) in [6, 6.07) is 8.33. The first-order valence-corrected chi connectivity index (χ1v) is 7.56. The Balaban J connectivity index is 2.49. The maximum atomic E-state index is 12.5. The lowest BCUT2D eigenvalue weighted by molar-refractivity contribution is 0.585. The molecule has 2 rings (SSSR count). The van der Waals surface area contributed by atoms with Gasteiger partial charge in [0.05, 0.1) is 5.69 Å². The number of H-pyrrole nitrogens is 1. The number of aryl methyl sites for hydroxylation is 2. The van der Waals surface area contributed by atoms with E-state index in [1.54, 1.807) is 4.68 Å². The van der Waals surface area contributed by atoms with Crippen LogP contribution in [-0.2, 0) is 13.0 Å². The molecule has 1 aromatic carbocycles. The average molecular weight is 272 g/mol. The van der Waals surface area contributed by atoms with Crippen LogP contribution in [0.2, 0.25) is 0 Å². The summed E-state index contributed by atoms with van der Waals surface area (Å²) in [5.41, 5.74) is 4.42. The summed E-state index contributed by atoms with van der Waals surface area (Å²) >= 11 is 0. The Morgan fingerprint density at radius 2 is 2.00 bits per heavy atom. The number of benzene rings is 1. The summed E-state index contributed by atoms with van der Waals surface area (Å²) in [6.07, 6.45) is 3.97. The molecule has 0 radical (unpaired) electrons. The highest BCUT2D eigenvalue weighted by molar-refractivity contribution is 5.63. The molecule has 1 heterocycles. The lowest BCUT2D eigenvalue weighted by Crippen LogP contribution is -2.18. The Kier molecular flexibility index (Phi) is 4.83. The molecule has 0 saturated carbocycles. The van der Waals surface area contributed by atoms with E-state index < -0.39 is 0 Å². The van der Waals surface area contributed by atoms with Gasteiger partial charge in [0.2, 0.25) is 0 Å². The zero-order valence-corrected chi connectivity index (χ0v) is 12.7. The first kappa shape index (κ1) is 14.6. The molecule has 20 heavy (non-hydrogen) atoms. The minimum Gasteiger partial charge on any atom is -0.295 e. The standard InChI is InChI=1S/C17H24N2O/c1-4-6-10-15-16(14-9-7-8-13(3)12-14)18-19(11-5-2)17(15)20/h7-9,12,18H,4-6,10-11H2,1-3H3. The molecule has 0 aliphatic carbocycles. The van der Waals surface area contributed by atoms with Crippen LogP contribution in [-0.4, -0.2) is 9.78 Å². The normalized spacial score (nSPS) is 10.9. The van der Waals surface area contributed by atoms with Crippen molar-refractivity contribution in [1.29, 1.82) is 0 Å². The van der Waals surface area contributed by atoms with Crippen LogP contribution in [0, 0.1) is 6.92 Å². The van der Waals surface area contributed by atoms with Crippen molar-refractivity contribution in [3.8, 4) is 11.3 Å². The van der Waals surface area contributed by atoms with E-state index in [1.165, 1.54) is 5.56 Å². The first-order valence-electron chi connectivity index (χ1n) is 7.56. The van der Waals surface area contributed by atoms with Crippen LogP contribution in [0.5, 0.6) is 0 Å². The van der Waals surface area contributed by atoms with Crippen molar-refractivity contribution in [2.75, 3.05) is 0 Å². The van der Waals surface area contributed by atoms with Crippen molar-refractivity contribution >= 4 is 0 Å². The van der Waals surface area contributed by atoms with Crippen LogP contribution in [0.15, 0.2) is 29.1 Å². The second-order valence-electron chi connectivity index (χ2n) is 5.40. The zero-order valence-electron chi connectivity index (χ0n) is 12.7. The van der Waals surface area contributed by atoms with Gasteiger partial charge < -0.3 is 0 Å². The highest BCUT2D eigenvalue weighted by atomic mass is 16.1. The van der Waals surface area contributed by atoms with Gasteiger partial charge in [0.25, 0.3) is 5.56 Å². The van der Waals surface area contributed by atoms with E-state index >= 15 is 0 Å². The fourth-order valence-corrected chi connectivity index (χ4v) is 2.53. The molecule has 0 aliphatic rings. The van der Waals surface area contributed by atoms with Crippen molar-refractivity contribution in [2.45, 2.75) is 53.0 Å². The number of hydrogen-bond acceptors (Lipinski definition) is 1. The van der Waals surface area contributed by atoms with Gasteiger partial charge in [0.1, 0.15) is 0 Å². The Morgan fingerprint density at radius 1 is 1.20 bits per heavy atom. The molecular weight excluding hydrogens is 248 g/mol. The highest BCUT2D eigenvalue weighted by Crippen LogP contribution is 2.22. The fourth-order valence-electron chi connectivity index (χ4n) is 2.53. The summed E-state index contributed by atoms with van der Waals surface area (Å²) in [4.78, 5) is 12.5. The Bertz CT molecular complexity index is 622. The van der Waals surface area contributed by atoms with Crippen molar-refractivity contribution in [2.24, 2.45) is 0 Å². The molecule has 108 valence electrons. The summed E-state index contributed by atoms with van der Waals surface area (Å²) in [6.45, 7) is 7.08. The Labute approximate surface area is 120 Å². The first-order chi connectivity index (χ1) is 9.67. The molecule has 3 nitrogen and oxygen atoms in total. The minimum atomic E-state index is 0.150.